The van der Waals surface area contributed by atoms with Gasteiger partial charge in [-0.2, -0.15) is 24.3 Å². The van der Waals surface area contributed by atoms with Gasteiger partial charge in [-0.1, -0.05) is 10.4 Å². The average molecular weight is 2140 g/mol. The summed E-state index contributed by atoms with van der Waals surface area (Å²) >= 11 is 31.2. The number of pyridine rings is 3. The van der Waals surface area contributed by atoms with Crippen LogP contribution in [-0.2, 0) is 158 Å². The quantitative estimate of drug-likeness (QED) is 0.0742. The molecule has 136 heavy (non-hydrogen) atoms. The molecule has 22 rings (SSSR count). The van der Waals surface area contributed by atoms with Crippen molar-refractivity contribution in [2.24, 2.45) is 0 Å². The number of hydrogen-bond acceptors (Lipinski definition) is 48. The summed E-state index contributed by atoms with van der Waals surface area (Å²) in [5.74, 6) is -0.783. The van der Waals surface area contributed by atoms with Crippen molar-refractivity contribution in [3.8, 4) is 0 Å². The predicted octanol–water partition coefficient (Wildman–Crippen LogP) is -0.427. The molecule has 0 radical (unpaired) electrons. The summed E-state index contributed by atoms with van der Waals surface area (Å²) < 4.78 is 195. The van der Waals surface area contributed by atoms with Crippen molar-refractivity contribution in [3.05, 3.63) is 93.2 Å². The minimum absolute atomic E-state index is 0.0537. The maximum absolute atomic E-state index is 16.0. The van der Waals surface area contributed by atoms with Crippen LogP contribution in [0.3, 0.4) is 0 Å². The molecule has 12 aromatic rings. The zero-order valence-corrected chi connectivity index (χ0v) is 77.9. The van der Waals surface area contributed by atoms with Crippen LogP contribution >= 0.6 is 40.3 Å². The molecule has 0 aliphatic carbocycles. The average Bonchev–Trinajstić information content (AvgIpc) is 1.55. The summed E-state index contributed by atoms with van der Waals surface area (Å²) in [7, 11) is 0. The third-order valence-electron chi connectivity index (χ3n) is 22.5. The van der Waals surface area contributed by atoms with E-state index in [1.165, 1.54) is 58.8 Å². The number of H-pyrrole nitrogens is 3. The van der Waals surface area contributed by atoms with E-state index in [1.807, 2.05) is 0 Å². The van der Waals surface area contributed by atoms with Crippen molar-refractivity contribution in [2.45, 2.75) is 147 Å². The number of ether oxygens (including phenoxy) is 7. The summed E-state index contributed by atoms with van der Waals surface area (Å²) in [6.07, 6.45) is -26.8. The number of alkyl halides is 5. The molecule has 0 saturated carbocycles. The minimum atomic E-state index is -4.37. The predicted molar refractivity (Wildman–Crippen MR) is 470 cm³/mol. The number of anilines is 6. The van der Waals surface area contributed by atoms with Crippen LogP contribution in [0.4, 0.5) is 56.9 Å². The van der Waals surface area contributed by atoms with Gasteiger partial charge in [0, 0.05) is 18.6 Å². The summed E-state index contributed by atoms with van der Waals surface area (Å²) in [4.78, 5) is 151. The Morgan fingerprint density at radius 3 is 1.18 bits per heavy atom. The van der Waals surface area contributed by atoms with Crippen LogP contribution in [-0.4, -0.2) is 298 Å². The summed E-state index contributed by atoms with van der Waals surface area (Å²) in [5.41, 5.74) is 33.0. The molecule has 0 amide bonds. The number of nitrogens with one attached hydrogen (secondary N) is 3. The van der Waals surface area contributed by atoms with Crippen LogP contribution in [0.2, 0.25) is 0 Å². The van der Waals surface area contributed by atoms with Gasteiger partial charge in [-0.25, -0.2) is 56.8 Å². The number of imidazole rings is 4. The molecule has 57 nitrogen and oxygen atoms in total. The number of hydrogen-bond donors (Lipinski definition) is 15. The van der Waals surface area contributed by atoms with Gasteiger partial charge in [-0.3, -0.25) is 74.7 Å². The van der Waals surface area contributed by atoms with Gasteiger partial charge in [0.25, 0.3) is 16.7 Å². The van der Waals surface area contributed by atoms with Crippen LogP contribution < -0.4 is 51.1 Å². The fourth-order valence-electron chi connectivity index (χ4n) is 16.4. The van der Waals surface area contributed by atoms with Gasteiger partial charge >= 0.3 is 40.3 Å². The fourth-order valence-corrected chi connectivity index (χ4v) is 25.0. The van der Waals surface area contributed by atoms with Crippen molar-refractivity contribution in [2.75, 3.05) is 80.7 Å². The highest BCUT2D eigenvalue weighted by molar-refractivity contribution is 8.08. The second kappa shape index (κ2) is 36.0. The van der Waals surface area contributed by atoms with Gasteiger partial charge in [0.15, 0.2) is 124 Å². The number of fused-ring (bicyclic) bond motifs is 14. The number of aromatic amines is 3. The molecule has 730 valence electrons. The van der Waals surface area contributed by atoms with E-state index >= 15 is 22.0 Å². The first kappa shape index (κ1) is 95.7. The van der Waals surface area contributed by atoms with E-state index in [4.69, 9.17) is 193 Å². The van der Waals surface area contributed by atoms with E-state index < -0.39 is 244 Å². The second-order valence-corrected chi connectivity index (χ2v) is 47.8. The number of rotatable bonds is 6. The van der Waals surface area contributed by atoms with Gasteiger partial charge in [0.05, 0.1) is 88.6 Å². The maximum Gasteiger partial charge on any atom is 0.325 e. The topological polar surface area (TPSA) is 761 Å². The molecule has 10 fully saturated rings. The van der Waals surface area contributed by atoms with E-state index in [1.54, 1.807) is 10.6 Å². The Kier molecular flexibility index (Phi) is 25.3. The number of nitrogen functional groups attached to an aromatic ring is 6. The van der Waals surface area contributed by atoms with Crippen molar-refractivity contribution in [3.63, 3.8) is 0 Å². The Hall–Kier alpha value is -7.88. The van der Waals surface area contributed by atoms with Gasteiger partial charge in [-0.15, -0.1) is 10.2 Å². The highest BCUT2D eigenvalue weighted by Crippen LogP contribution is 2.62. The first-order valence-corrected chi connectivity index (χ1v) is 54.9. The van der Waals surface area contributed by atoms with Crippen LogP contribution in [0.15, 0.2) is 76.5 Å². The lowest BCUT2D eigenvalue weighted by molar-refractivity contribution is -0.183. The SMILES string of the molecule is Nc1nc2c(ncn2[C@@H]2O[C@@H]3COP(O)(=S)O[C@H]4[C@H](F)[C@H](n5nnc6c(N)ccnc65)O[C@@H]4COP(O)(=S)O[C@@H]2[C@@H]3F)c(=O)[nH]1.Nc1nc2c(ncn2[C@@H]2O[C@@H]3COP(O)(=S)O[C@H]4[C@H]5OC[C@]4(COP(O)(=S)O[C@@H]2[C@H]3F)O[C@H]5n2cnc3c(N)ccnc32)c(=O)[nH]1.Nc1nc2c(nnn2[C@@H]2O[C@@H]3COP(O)(=S)O[C@H]4[C@H](F)[C@H](n5cnc6c(N)ccnc65)O[C@@H]4COP(O)(=S)O[C@@H]2[C@H]3F)c(=O)[nH]1. The standard InChI is InChI=1S/C22H24FN9O10P2S2.2C20H22F2N10O9P2S2/c23-10-9-3-37-43(34,45)42-15-14-20(31-6-27-11-8(24)1-2-26-16(11)31)40-22(15,4-36-14)5-38-44(35,46)41-13(10)19(39-9)32-7-28-12-17(32)29-21(25)30-18(12)33;21-9-7-3-36-42(34,44)40-13-8(39-18(10(13)22)32-15-11(29-30-32)6(23)1-2-25-15)4-37-43(35,45)41-14(9)19(38-7)31-5-26-12-16(31)27-20(24)28-17(12)33;21-9-7-3-36-42(34,44)40-13-8(39-18(10(13)22)31-5-26-11-6(23)1-2-25-15(11)31)4-37-43(35,45)41-14(9)19(38-7)32-16-12(29-30-32)17(33)28-20(24)27-16/h1-2,6-7,9-10,13-15,19-20H,3-5H2,(H2,24,26)(H,34,45)(H,35,46)(H3,25,29,30,33);2*1-2,5,7-10,13-14,18-19H,3-4H2,(H2,23,25)(H,34,44)(H,35,45)(H3,24,27,28,33)/t9-,10+,13-,14-,15+,19-,20-,22-,43?,44?;7-,8-,9-,10+,13-,14-,18-,19-,42?,43?;7-,8-,9+,10+,13-,14-,18-,19-,42?,43?/m111/s1. The normalized spacial score (nSPS) is 38.4. The Labute approximate surface area is 781 Å². The summed E-state index contributed by atoms with van der Waals surface area (Å²) in [6, 6.07) is 4.59. The van der Waals surface area contributed by atoms with Crippen molar-refractivity contribution >= 4 is 213 Å². The number of halogens is 5. The lowest BCUT2D eigenvalue weighted by atomic mass is 10.0. The van der Waals surface area contributed by atoms with Gasteiger partial charge < -0.3 is 124 Å². The van der Waals surface area contributed by atoms with Crippen molar-refractivity contribution < 1.29 is 139 Å². The van der Waals surface area contributed by atoms with Crippen LogP contribution in [0.1, 0.15) is 37.4 Å². The lowest BCUT2D eigenvalue weighted by Crippen LogP contribution is -2.45. The third kappa shape index (κ3) is 17.9. The lowest BCUT2D eigenvalue weighted by Gasteiger charge is -2.33. The molecule has 6 unspecified atom stereocenters. The van der Waals surface area contributed by atoms with E-state index in [9.17, 15) is 43.7 Å². The zero-order chi connectivity index (χ0) is 95.8. The third-order valence-corrected chi connectivity index (χ3v) is 31.8. The maximum atomic E-state index is 16.0. The molecule has 10 aliphatic heterocycles. The van der Waals surface area contributed by atoms with E-state index in [2.05, 4.69) is 85.4 Å². The summed E-state index contributed by atoms with van der Waals surface area (Å²) in [5, 5.41) is 15.4. The Balaban J connectivity index is 0.000000126. The van der Waals surface area contributed by atoms with E-state index in [0.29, 0.717) is 16.9 Å². The smallest absolute Gasteiger partial charge is 0.325 e. The zero-order valence-electron chi connectivity index (χ0n) is 67.6. The molecule has 21 N–H and O–H groups in total. The molecule has 8 bridgehead atoms. The number of aromatic nitrogens is 23. The molecule has 12 aromatic heterocycles. The molecule has 22 heterocycles. The van der Waals surface area contributed by atoms with Crippen LogP contribution in [0, 0.1) is 0 Å². The molecule has 0 aromatic carbocycles. The van der Waals surface area contributed by atoms with E-state index in [-0.39, 0.29) is 91.6 Å². The molecule has 10 saturated heterocycles. The monoisotopic (exact) mass is 2140 g/mol. The molecule has 0 spiro atoms. The van der Waals surface area contributed by atoms with Gasteiger partial charge in [0.1, 0.15) is 89.9 Å². The van der Waals surface area contributed by atoms with Gasteiger partial charge in [0.2, 0.25) is 17.8 Å². The number of nitrogens with zero attached hydrogens (tertiary/aromatic N) is 20. The largest absolute Gasteiger partial charge is 0.397 e. The minimum Gasteiger partial charge on any atom is -0.397 e. The Bertz CT molecular complexity index is 6980. The highest BCUT2D eigenvalue weighted by Gasteiger charge is 2.66. The Morgan fingerprint density at radius 2 is 0.706 bits per heavy atom. The van der Waals surface area contributed by atoms with Crippen molar-refractivity contribution in [1.82, 2.24) is 113 Å². The molecular formula is C62H68F5N29O28P6S6. The van der Waals surface area contributed by atoms with Crippen LogP contribution in [0.25, 0.3) is 67.0 Å². The Morgan fingerprint density at radius 1 is 0.360 bits per heavy atom. The highest BCUT2D eigenvalue weighted by atomic mass is 32.5. The van der Waals surface area contributed by atoms with Crippen LogP contribution in [0.5, 0.6) is 0 Å². The second-order valence-electron chi connectivity index (χ2n) is 31.1. The molecule has 74 heteroatoms. The fraction of sp³-hybridized carbons (Fsp3) is 0.500. The van der Waals surface area contributed by atoms with E-state index in [0.717, 1.165) is 20.3 Å². The first-order chi connectivity index (χ1) is 64.5. The van der Waals surface area contributed by atoms with Gasteiger partial charge in [-0.05, 0) is 89.0 Å². The molecule has 10 aliphatic rings. The molecular weight excluding hydrogens is 2070 g/mol. The molecule has 30 atom stereocenters. The number of nitrogens with two attached hydrogens (primary N) is 6. The van der Waals surface area contributed by atoms with Crippen molar-refractivity contribution in [1.29, 1.82) is 0 Å². The summed E-state index contributed by atoms with van der Waals surface area (Å²) in [6.45, 7) is -29.8. The first-order valence-electron chi connectivity index (χ1n) is 39.3.